The molecule has 1 atom stereocenters. The number of hydrogen-bond acceptors (Lipinski definition) is 5. The molecule has 0 saturated carbocycles. The first-order valence-corrected chi connectivity index (χ1v) is 10.9. The summed E-state index contributed by atoms with van der Waals surface area (Å²) in [5.74, 6) is -0.626. The van der Waals surface area contributed by atoms with Crippen LogP contribution in [0, 0.1) is 5.82 Å². The van der Waals surface area contributed by atoms with Crippen LogP contribution < -0.4 is 10.1 Å². The highest BCUT2D eigenvalue weighted by Crippen LogP contribution is 2.33. The molecule has 2 aliphatic heterocycles. The van der Waals surface area contributed by atoms with Crippen molar-refractivity contribution < 1.29 is 27.1 Å². The quantitative estimate of drug-likeness (QED) is 0.795. The maximum Gasteiger partial charge on any atom is 0.265 e. The van der Waals surface area contributed by atoms with Gasteiger partial charge in [0.05, 0.1) is 10.6 Å². The smallest absolute Gasteiger partial charge is 0.265 e. The van der Waals surface area contributed by atoms with Crippen molar-refractivity contribution in [1.82, 2.24) is 9.21 Å². The molecule has 2 amide bonds. The third-order valence-electron chi connectivity index (χ3n) is 5.14. The van der Waals surface area contributed by atoms with Crippen molar-refractivity contribution in [3.8, 4) is 5.75 Å². The molecule has 1 N–H and O–H groups in total. The predicted octanol–water partition coefficient (Wildman–Crippen LogP) is 1.69. The lowest BCUT2D eigenvalue weighted by Crippen LogP contribution is -2.50. The van der Waals surface area contributed by atoms with Crippen LogP contribution in [0.15, 0.2) is 47.4 Å². The second kappa shape index (κ2) is 7.69. The number of ether oxygens (including phenoxy) is 1. The fraction of sp³-hybridized carbons (Fsp3) is 0.300. The largest absolute Gasteiger partial charge is 0.479 e. The summed E-state index contributed by atoms with van der Waals surface area (Å²) < 4.78 is 45.9. The van der Waals surface area contributed by atoms with Crippen LogP contribution in [0.3, 0.4) is 0 Å². The normalized spacial score (nSPS) is 19.6. The van der Waals surface area contributed by atoms with Gasteiger partial charge in [0.15, 0.2) is 6.10 Å². The van der Waals surface area contributed by atoms with E-state index in [4.69, 9.17) is 4.74 Å². The van der Waals surface area contributed by atoms with E-state index in [2.05, 4.69) is 5.32 Å². The molecule has 4 rings (SSSR count). The summed E-state index contributed by atoms with van der Waals surface area (Å²) in [7, 11) is -3.81. The van der Waals surface area contributed by atoms with Crippen molar-refractivity contribution in [1.29, 1.82) is 0 Å². The van der Waals surface area contributed by atoms with Crippen molar-refractivity contribution in [2.45, 2.75) is 17.9 Å². The van der Waals surface area contributed by atoms with Gasteiger partial charge in [-0.1, -0.05) is 0 Å². The number of halogens is 1. The van der Waals surface area contributed by atoms with E-state index in [9.17, 15) is 22.4 Å². The Kier molecular flexibility index (Phi) is 5.20. The second-order valence-electron chi connectivity index (χ2n) is 7.11. The van der Waals surface area contributed by atoms with E-state index in [0.717, 1.165) is 0 Å². The Morgan fingerprint density at radius 1 is 1.10 bits per heavy atom. The summed E-state index contributed by atoms with van der Waals surface area (Å²) in [6, 6.07) is 9.59. The minimum absolute atomic E-state index is 0.0398. The van der Waals surface area contributed by atoms with Gasteiger partial charge in [-0.05, 0) is 49.4 Å². The number of nitrogens with one attached hydrogen (secondary N) is 1. The summed E-state index contributed by atoms with van der Waals surface area (Å²) in [6.07, 6.45) is -0.647. The molecule has 1 unspecified atom stereocenters. The maximum atomic E-state index is 13.1. The summed E-state index contributed by atoms with van der Waals surface area (Å²) >= 11 is 0. The van der Waals surface area contributed by atoms with Gasteiger partial charge in [0.2, 0.25) is 10.0 Å². The highest BCUT2D eigenvalue weighted by Gasteiger charge is 2.32. The molecule has 30 heavy (non-hydrogen) atoms. The molecule has 0 aromatic heterocycles. The molecule has 158 valence electrons. The van der Waals surface area contributed by atoms with E-state index < -0.39 is 21.9 Å². The van der Waals surface area contributed by atoms with E-state index in [1.54, 1.807) is 11.8 Å². The Labute approximate surface area is 173 Å². The number of rotatable bonds is 3. The van der Waals surface area contributed by atoms with Crippen molar-refractivity contribution >= 4 is 27.5 Å². The Morgan fingerprint density at radius 2 is 1.77 bits per heavy atom. The number of fused-ring (bicyclic) bond motifs is 1. The summed E-state index contributed by atoms with van der Waals surface area (Å²) in [6.45, 7) is 2.31. The molecule has 0 spiro atoms. The average molecular weight is 433 g/mol. The molecule has 2 aromatic carbocycles. The highest BCUT2D eigenvalue weighted by molar-refractivity contribution is 7.89. The van der Waals surface area contributed by atoms with Gasteiger partial charge in [-0.2, -0.15) is 4.31 Å². The van der Waals surface area contributed by atoms with Crippen LogP contribution in [0.1, 0.15) is 17.3 Å². The number of anilines is 1. The fourth-order valence-corrected chi connectivity index (χ4v) is 4.85. The molecule has 2 aliphatic rings. The van der Waals surface area contributed by atoms with Crippen molar-refractivity contribution in [2.24, 2.45) is 0 Å². The predicted molar refractivity (Wildman–Crippen MR) is 106 cm³/mol. The zero-order valence-electron chi connectivity index (χ0n) is 16.2. The lowest BCUT2D eigenvalue weighted by atomic mass is 10.2. The van der Waals surface area contributed by atoms with Gasteiger partial charge in [-0.25, -0.2) is 12.8 Å². The van der Waals surface area contributed by atoms with E-state index in [0.29, 0.717) is 17.0 Å². The van der Waals surface area contributed by atoms with Crippen LogP contribution >= 0.6 is 0 Å². The molecule has 1 saturated heterocycles. The second-order valence-corrected chi connectivity index (χ2v) is 9.05. The molecule has 0 aliphatic carbocycles. The molecule has 1 fully saturated rings. The minimum Gasteiger partial charge on any atom is -0.479 e. The number of benzene rings is 2. The number of carbonyl (C=O) groups is 2. The number of amides is 2. The van der Waals surface area contributed by atoms with Crippen molar-refractivity contribution in [3.05, 3.63) is 53.8 Å². The van der Waals surface area contributed by atoms with Gasteiger partial charge in [0.25, 0.3) is 11.8 Å². The third kappa shape index (κ3) is 3.75. The Morgan fingerprint density at radius 3 is 2.43 bits per heavy atom. The van der Waals surface area contributed by atoms with Crippen LogP contribution in [-0.2, 0) is 14.8 Å². The Balaban J connectivity index is 1.46. The lowest BCUT2D eigenvalue weighted by molar-refractivity contribution is -0.122. The number of piperazine rings is 1. The molecule has 0 bridgehead atoms. The van der Waals surface area contributed by atoms with Crippen molar-refractivity contribution in [2.75, 3.05) is 31.5 Å². The Bertz CT molecular complexity index is 1100. The number of carbonyl (C=O) groups excluding carboxylic acids is 2. The number of hydrogen-bond donors (Lipinski definition) is 1. The van der Waals surface area contributed by atoms with Gasteiger partial charge in [-0.3, -0.25) is 9.59 Å². The van der Waals surface area contributed by atoms with Gasteiger partial charge in [-0.15, -0.1) is 0 Å². The zero-order chi connectivity index (χ0) is 21.5. The van der Waals surface area contributed by atoms with E-state index in [-0.39, 0.29) is 42.9 Å². The molecule has 0 radical (unpaired) electrons. The first-order valence-electron chi connectivity index (χ1n) is 9.42. The van der Waals surface area contributed by atoms with Gasteiger partial charge >= 0.3 is 0 Å². The number of sulfonamides is 1. The third-order valence-corrected chi connectivity index (χ3v) is 7.03. The van der Waals surface area contributed by atoms with E-state index in [1.165, 1.54) is 46.8 Å². The topological polar surface area (TPSA) is 96.0 Å². The van der Waals surface area contributed by atoms with Gasteiger partial charge in [0.1, 0.15) is 11.6 Å². The van der Waals surface area contributed by atoms with Crippen LogP contribution in [0.4, 0.5) is 10.1 Å². The zero-order valence-corrected chi connectivity index (χ0v) is 17.0. The molecule has 10 heteroatoms. The first-order chi connectivity index (χ1) is 14.3. The number of nitrogens with zero attached hydrogens (tertiary/aromatic N) is 2. The summed E-state index contributed by atoms with van der Waals surface area (Å²) in [4.78, 5) is 25.9. The molecule has 2 aromatic rings. The fourth-order valence-electron chi connectivity index (χ4n) is 3.40. The molecular weight excluding hydrogens is 413 g/mol. The Hall–Kier alpha value is -2.98. The minimum atomic E-state index is -3.81. The molecule has 8 nitrogen and oxygen atoms in total. The van der Waals surface area contributed by atoms with E-state index >= 15 is 0 Å². The van der Waals surface area contributed by atoms with Gasteiger partial charge < -0.3 is 15.0 Å². The average Bonchev–Trinajstić information content (AvgIpc) is 2.74. The van der Waals surface area contributed by atoms with E-state index in [1.807, 2.05) is 0 Å². The summed E-state index contributed by atoms with van der Waals surface area (Å²) in [5.41, 5.74) is 0.664. The van der Waals surface area contributed by atoms with Crippen LogP contribution in [0.25, 0.3) is 0 Å². The first kappa shape index (κ1) is 20.3. The maximum absolute atomic E-state index is 13.1. The molecular formula is C20H20FN3O5S. The lowest BCUT2D eigenvalue weighted by Gasteiger charge is -2.34. The van der Waals surface area contributed by atoms with Crippen LogP contribution in [0.2, 0.25) is 0 Å². The van der Waals surface area contributed by atoms with Crippen LogP contribution in [-0.4, -0.2) is 61.7 Å². The molecule has 2 heterocycles. The SMILES string of the molecule is CC1Oc2ccc(S(=O)(=O)N3CCN(C(=O)c4ccc(F)cc4)CC3)cc2NC1=O. The van der Waals surface area contributed by atoms with Gasteiger partial charge in [0, 0.05) is 31.7 Å². The van der Waals surface area contributed by atoms with Crippen LogP contribution in [0.5, 0.6) is 5.75 Å². The summed E-state index contributed by atoms with van der Waals surface area (Å²) in [5, 5.41) is 2.64. The standard InChI is InChI=1S/C20H20FN3O5S/c1-13-19(25)22-17-12-16(6-7-18(17)29-13)30(27,28)24-10-8-23(9-11-24)20(26)14-2-4-15(21)5-3-14/h2-7,12-13H,8-11H2,1H3,(H,22,25). The highest BCUT2D eigenvalue weighted by atomic mass is 32.2. The van der Waals surface area contributed by atoms with Crippen molar-refractivity contribution in [3.63, 3.8) is 0 Å². The monoisotopic (exact) mass is 433 g/mol.